The van der Waals surface area contributed by atoms with Gasteiger partial charge in [0.25, 0.3) is 0 Å². The number of hydrogen-bond donors (Lipinski definition) is 1. The van der Waals surface area contributed by atoms with Crippen molar-refractivity contribution in [3.8, 4) is 6.07 Å². The minimum absolute atomic E-state index is 0.0416. The first-order chi connectivity index (χ1) is 9.06. The van der Waals surface area contributed by atoms with Gasteiger partial charge in [0.05, 0.1) is 6.61 Å². The Bertz CT molecular complexity index is 392. The highest BCUT2D eigenvalue weighted by Gasteiger charge is 2.12. The van der Waals surface area contributed by atoms with Crippen molar-refractivity contribution in [3.63, 3.8) is 0 Å². The molecular weight excluding hydrogens is 244 g/mol. The van der Waals surface area contributed by atoms with Crippen LogP contribution in [0, 0.1) is 11.3 Å². The Kier molecular flexibility index (Phi) is 9.19. The lowest BCUT2D eigenvalue weighted by Gasteiger charge is -2.07. The Labute approximate surface area is 114 Å². The van der Waals surface area contributed by atoms with Gasteiger partial charge in [0.1, 0.15) is 11.6 Å². The van der Waals surface area contributed by atoms with Crippen molar-refractivity contribution in [2.45, 2.75) is 27.2 Å². The van der Waals surface area contributed by atoms with Crippen molar-refractivity contribution >= 4 is 5.97 Å². The highest BCUT2D eigenvalue weighted by molar-refractivity contribution is 5.94. The van der Waals surface area contributed by atoms with Crippen molar-refractivity contribution in [1.29, 1.82) is 5.26 Å². The van der Waals surface area contributed by atoms with E-state index in [1.807, 2.05) is 13.0 Å². The van der Waals surface area contributed by atoms with Crippen molar-refractivity contribution in [2.24, 2.45) is 0 Å². The molecule has 0 radical (unpaired) electrons. The monoisotopic (exact) mass is 266 g/mol. The molecule has 106 valence electrons. The zero-order valence-corrected chi connectivity index (χ0v) is 12.1. The number of hydrogen-bond acceptors (Lipinski definition) is 5. The van der Waals surface area contributed by atoms with Gasteiger partial charge in [-0.2, -0.15) is 5.26 Å². The summed E-state index contributed by atoms with van der Waals surface area (Å²) < 4.78 is 9.77. The van der Waals surface area contributed by atoms with Crippen LogP contribution < -0.4 is 5.32 Å². The molecule has 19 heavy (non-hydrogen) atoms. The van der Waals surface area contributed by atoms with E-state index in [4.69, 9.17) is 14.7 Å². The molecular formula is C14H22N2O3. The van der Waals surface area contributed by atoms with E-state index < -0.39 is 5.97 Å². The van der Waals surface area contributed by atoms with Crippen LogP contribution in [0.25, 0.3) is 0 Å². The molecule has 0 aromatic rings. The number of nitriles is 1. The van der Waals surface area contributed by atoms with Crippen LogP contribution in [0.2, 0.25) is 0 Å². The van der Waals surface area contributed by atoms with E-state index >= 15 is 0 Å². The molecule has 0 aromatic heterocycles. The summed E-state index contributed by atoms with van der Waals surface area (Å²) in [4.78, 5) is 11.5. The second-order valence-corrected chi connectivity index (χ2v) is 3.99. The number of nitrogens with one attached hydrogen (secondary N) is 1. The summed E-state index contributed by atoms with van der Waals surface area (Å²) in [6.07, 6.45) is 2.66. The van der Waals surface area contributed by atoms with Gasteiger partial charge in [-0.15, -0.1) is 0 Å². The largest absolute Gasteiger partial charge is 0.462 e. The Hall–Kier alpha value is -1.80. The van der Waals surface area contributed by atoms with Crippen molar-refractivity contribution in [1.82, 2.24) is 5.32 Å². The first kappa shape index (κ1) is 17.2. The summed E-state index contributed by atoms with van der Waals surface area (Å²) in [5.74, 6) is -0.578. The zero-order valence-electron chi connectivity index (χ0n) is 12.1. The minimum Gasteiger partial charge on any atom is -0.462 e. The number of esters is 1. The van der Waals surface area contributed by atoms with Crippen LogP contribution in [-0.4, -0.2) is 32.8 Å². The second kappa shape index (κ2) is 10.2. The predicted octanol–water partition coefficient (Wildman–Crippen LogP) is 1.92. The Morgan fingerprint density at radius 2 is 2.11 bits per heavy atom. The molecule has 0 unspecified atom stereocenters. The smallest absolute Gasteiger partial charge is 0.349 e. The first-order valence-electron chi connectivity index (χ1n) is 6.26. The molecule has 0 rings (SSSR count). The third-order valence-corrected chi connectivity index (χ3v) is 2.35. The predicted molar refractivity (Wildman–Crippen MR) is 73.2 cm³/mol. The zero-order chi connectivity index (χ0) is 14.7. The SMILES string of the molecule is CCOC(=O)/C(C#N)=C(C)\C=C(/C)NCCCOC. The molecule has 0 saturated carbocycles. The summed E-state index contributed by atoms with van der Waals surface area (Å²) >= 11 is 0. The van der Waals surface area contributed by atoms with E-state index in [2.05, 4.69) is 5.32 Å². The van der Waals surface area contributed by atoms with E-state index in [0.29, 0.717) is 12.2 Å². The van der Waals surface area contributed by atoms with Crippen LogP contribution >= 0.6 is 0 Å². The molecule has 5 nitrogen and oxygen atoms in total. The van der Waals surface area contributed by atoms with Gasteiger partial charge in [-0.3, -0.25) is 0 Å². The van der Waals surface area contributed by atoms with E-state index in [1.165, 1.54) is 0 Å². The van der Waals surface area contributed by atoms with E-state index in [-0.39, 0.29) is 12.2 Å². The molecule has 0 heterocycles. The number of allylic oxidation sites excluding steroid dienone is 3. The topological polar surface area (TPSA) is 71.4 Å². The molecule has 0 aliphatic carbocycles. The molecule has 5 heteroatoms. The number of carbonyl (C=O) groups excluding carboxylic acids is 1. The molecule has 0 aliphatic heterocycles. The minimum atomic E-state index is -0.578. The van der Waals surface area contributed by atoms with Crippen LogP contribution in [0.1, 0.15) is 27.2 Å². The van der Waals surface area contributed by atoms with Gasteiger partial charge in [0.15, 0.2) is 0 Å². The number of nitrogens with zero attached hydrogens (tertiary/aromatic N) is 1. The maximum atomic E-state index is 11.5. The average molecular weight is 266 g/mol. The van der Waals surface area contributed by atoms with Gasteiger partial charge in [-0.1, -0.05) is 0 Å². The molecule has 0 aliphatic rings. The number of methoxy groups -OCH3 is 1. The third-order valence-electron chi connectivity index (χ3n) is 2.35. The molecule has 0 spiro atoms. The summed E-state index contributed by atoms with van der Waals surface area (Å²) in [5.41, 5.74) is 1.53. The molecule has 0 saturated heterocycles. The van der Waals surface area contributed by atoms with Crippen molar-refractivity contribution < 1.29 is 14.3 Å². The molecule has 0 fully saturated rings. The Balaban J connectivity index is 4.63. The van der Waals surface area contributed by atoms with Crippen LogP contribution in [0.3, 0.4) is 0 Å². The first-order valence-corrected chi connectivity index (χ1v) is 6.26. The molecule has 0 aromatic carbocycles. The van der Waals surface area contributed by atoms with Gasteiger partial charge in [-0.05, 0) is 38.8 Å². The van der Waals surface area contributed by atoms with Crippen LogP contribution in [-0.2, 0) is 14.3 Å². The van der Waals surface area contributed by atoms with Gasteiger partial charge in [0, 0.05) is 26.0 Å². The number of ether oxygens (including phenoxy) is 2. The number of carbonyl (C=O) groups is 1. The second-order valence-electron chi connectivity index (χ2n) is 3.99. The average Bonchev–Trinajstić information content (AvgIpc) is 2.35. The molecule has 1 N–H and O–H groups in total. The molecule has 0 amide bonds. The summed E-state index contributed by atoms with van der Waals surface area (Å²) in [5, 5.41) is 12.2. The maximum Gasteiger partial charge on any atom is 0.349 e. The lowest BCUT2D eigenvalue weighted by molar-refractivity contribution is -0.138. The van der Waals surface area contributed by atoms with E-state index in [0.717, 1.165) is 18.7 Å². The van der Waals surface area contributed by atoms with Gasteiger partial charge in [-0.25, -0.2) is 4.79 Å². The van der Waals surface area contributed by atoms with Gasteiger partial charge in [0.2, 0.25) is 0 Å². The van der Waals surface area contributed by atoms with Gasteiger partial charge >= 0.3 is 5.97 Å². The normalized spacial score (nSPS) is 12.5. The molecule has 0 atom stereocenters. The number of rotatable bonds is 8. The van der Waals surface area contributed by atoms with Gasteiger partial charge < -0.3 is 14.8 Å². The van der Waals surface area contributed by atoms with Crippen LogP contribution in [0.5, 0.6) is 0 Å². The van der Waals surface area contributed by atoms with Crippen molar-refractivity contribution in [2.75, 3.05) is 26.9 Å². The summed E-state index contributed by atoms with van der Waals surface area (Å²) in [7, 11) is 1.66. The van der Waals surface area contributed by atoms with E-state index in [9.17, 15) is 4.79 Å². The lowest BCUT2D eigenvalue weighted by atomic mass is 10.1. The fourth-order valence-corrected chi connectivity index (χ4v) is 1.45. The third kappa shape index (κ3) is 7.27. The lowest BCUT2D eigenvalue weighted by Crippen LogP contribution is -2.15. The molecule has 0 bridgehead atoms. The highest BCUT2D eigenvalue weighted by Crippen LogP contribution is 2.09. The van der Waals surface area contributed by atoms with Crippen molar-refractivity contribution in [3.05, 3.63) is 22.9 Å². The quantitative estimate of drug-likeness (QED) is 0.239. The van der Waals surface area contributed by atoms with E-state index in [1.54, 1.807) is 27.0 Å². The fourth-order valence-electron chi connectivity index (χ4n) is 1.45. The maximum absolute atomic E-state index is 11.5. The van der Waals surface area contributed by atoms with Crippen LogP contribution in [0.15, 0.2) is 22.9 Å². The summed E-state index contributed by atoms with van der Waals surface area (Å²) in [6, 6.07) is 1.88. The standard InChI is InChI=1S/C14H22N2O3/c1-5-19-14(17)13(10-15)11(2)9-12(3)16-7-6-8-18-4/h9,16H,5-8H2,1-4H3/b12-9+,13-11-. The Morgan fingerprint density at radius 3 is 2.63 bits per heavy atom. The van der Waals surface area contributed by atoms with Crippen LogP contribution in [0.4, 0.5) is 0 Å². The Morgan fingerprint density at radius 1 is 1.42 bits per heavy atom. The summed E-state index contributed by atoms with van der Waals surface area (Å²) in [6.45, 7) is 7.05. The fraction of sp³-hybridized carbons (Fsp3) is 0.571. The highest BCUT2D eigenvalue weighted by atomic mass is 16.5.